The Labute approximate surface area is 124 Å². The fourth-order valence-electron chi connectivity index (χ4n) is 2.27. The minimum atomic E-state index is -4.49. The Morgan fingerprint density at radius 1 is 1.23 bits per heavy atom. The molecule has 1 aliphatic rings. The van der Waals surface area contributed by atoms with Crippen LogP contribution in [0.15, 0.2) is 12.1 Å². The molecule has 0 amide bonds. The number of hydrogen-bond donors (Lipinski definition) is 2. The number of carbonyl (C=O) groups is 1. The van der Waals surface area contributed by atoms with Crippen LogP contribution in [0.1, 0.15) is 19.3 Å². The summed E-state index contributed by atoms with van der Waals surface area (Å²) in [5.41, 5.74) is -1.05. The van der Waals surface area contributed by atoms with Crippen LogP contribution in [0.5, 0.6) is 0 Å². The van der Waals surface area contributed by atoms with E-state index in [4.69, 9.17) is 5.11 Å². The Balaban J connectivity index is 2.33. The molecule has 0 aliphatic carbocycles. The van der Waals surface area contributed by atoms with Gasteiger partial charge in [0.25, 0.3) is 0 Å². The SMILES string of the molecule is O=C(O)[C@@H]1CCCCN1S(=O)(=O)Nc1c(F)cc(F)cc1F. The summed E-state index contributed by atoms with van der Waals surface area (Å²) < 4.78 is 66.5. The monoisotopic (exact) mass is 338 g/mol. The van der Waals surface area contributed by atoms with E-state index in [9.17, 15) is 26.4 Å². The molecule has 1 saturated heterocycles. The Morgan fingerprint density at radius 2 is 1.82 bits per heavy atom. The maximum Gasteiger partial charge on any atom is 0.322 e. The molecule has 1 aromatic carbocycles. The van der Waals surface area contributed by atoms with E-state index in [0.717, 1.165) is 0 Å². The fraction of sp³-hybridized carbons (Fsp3) is 0.417. The molecule has 1 heterocycles. The number of rotatable bonds is 4. The maximum absolute atomic E-state index is 13.5. The second-order valence-corrected chi connectivity index (χ2v) is 6.44. The van der Waals surface area contributed by atoms with E-state index in [1.165, 1.54) is 0 Å². The largest absolute Gasteiger partial charge is 0.480 e. The van der Waals surface area contributed by atoms with Gasteiger partial charge in [-0.15, -0.1) is 0 Å². The van der Waals surface area contributed by atoms with Crippen LogP contribution in [0.3, 0.4) is 0 Å². The molecule has 0 unspecified atom stereocenters. The third-order valence-electron chi connectivity index (χ3n) is 3.29. The van der Waals surface area contributed by atoms with Crippen molar-refractivity contribution < 1.29 is 31.5 Å². The van der Waals surface area contributed by atoms with Gasteiger partial charge in [0, 0.05) is 18.7 Å². The quantitative estimate of drug-likeness (QED) is 0.875. The predicted molar refractivity (Wildman–Crippen MR) is 70.8 cm³/mol. The van der Waals surface area contributed by atoms with Gasteiger partial charge < -0.3 is 5.11 Å². The zero-order valence-electron chi connectivity index (χ0n) is 11.2. The second-order valence-electron chi connectivity index (χ2n) is 4.81. The van der Waals surface area contributed by atoms with Crippen LogP contribution >= 0.6 is 0 Å². The molecule has 22 heavy (non-hydrogen) atoms. The zero-order chi connectivity index (χ0) is 16.5. The molecule has 1 aliphatic heterocycles. The molecule has 0 radical (unpaired) electrons. The summed E-state index contributed by atoms with van der Waals surface area (Å²) in [5.74, 6) is -5.39. The van der Waals surface area contributed by atoms with Crippen LogP contribution < -0.4 is 4.72 Å². The average Bonchev–Trinajstić information content (AvgIpc) is 2.43. The van der Waals surface area contributed by atoms with Crippen LogP contribution in [0.4, 0.5) is 18.9 Å². The van der Waals surface area contributed by atoms with E-state index in [-0.39, 0.29) is 13.0 Å². The van der Waals surface area contributed by atoms with Crippen LogP contribution in [0.2, 0.25) is 0 Å². The molecule has 0 spiro atoms. The summed E-state index contributed by atoms with van der Waals surface area (Å²) in [4.78, 5) is 11.1. The highest BCUT2D eigenvalue weighted by Gasteiger charge is 2.37. The molecule has 1 fully saturated rings. The lowest BCUT2D eigenvalue weighted by molar-refractivity contribution is -0.142. The van der Waals surface area contributed by atoms with Crippen molar-refractivity contribution in [1.29, 1.82) is 0 Å². The predicted octanol–water partition coefficient (Wildman–Crippen LogP) is 1.70. The van der Waals surface area contributed by atoms with E-state index in [0.29, 0.717) is 29.3 Å². The number of anilines is 1. The first kappa shape index (κ1) is 16.6. The lowest BCUT2D eigenvalue weighted by atomic mass is 10.1. The molecule has 2 rings (SSSR count). The van der Waals surface area contributed by atoms with E-state index >= 15 is 0 Å². The molecular weight excluding hydrogens is 325 g/mol. The summed E-state index contributed by atoms with van der Waals surface area (Å²) in [6.07, 6.45) is 1.06. The first-order valence-electron chi connectivity index (χ1n) is 6.39. The van der Waals surface area contributed by atoms with Gasteiger partial charge in [0.15, 0.2) is 11.6 Å². The standard InChI is InChI=1S/C12H13F3N2O4S/c13-7-5-8(14)11(9(15)6-7)16-22(20,21)17-4-2-1-3-10(17)12(18)19/h5-6,10,16H,1-4H2,(H,18,19)/t10-/m0/s1. The third kappa shape index (κ3) is 3.33. The van der Waals surface area contributed by atoms with Crippen molar-refractivity contribution in [3.8, 4) is 0 Å². The molecule has 0 aromatic heterocycles. The molecule has 0 bridgehead atoms. The minimum absolute atomic E-state index is 0.0866. The molecule has 10 heteroatoms. The Kier molecular flexibility index (Phi) is 4.61. The normalized spacial score (nSPS) is 19.9. The van der Waals surface area contributed by atoms with Gasteiger partial charge in [-0.25, -0.2) is 13.2 Å². The number of piperidine rings is 1. The second kappa shape index (κ2) is 6.13. The van der Waals surface area contributed by atoms with E-state index in [1.807, 2.05) is 0 Å². The van der Waals surface area contributed by atoms with Crippen molar-refractivity contribution in [2.45, 2.75) is 25.3 Å². The number of benzene rings is 1. The average molecular weight is 338 g/mol. The summed E-state index contributed by atoms with van der Waals surface area (Å²) in [6.45, 7) is -0.0866. The van der Waals surface area contributed by atoms with Gasteiger partial charge in [0.05, 0.1) is 0 Å². The highest BCUT2D eigenvalue weighted by Crippen LogP contribution is 2.25. The Hall–Kier alpha value is -1.81. The lowest BCUT2D eigenvalue weighted by Gasteiger charge is -2.31. The number of nitrogens with zero attached hydrogens (tertiary/aromatic N) is 1. The maximum atomic E-state index is 13.5. The van der Waals surface area contributed by atoms with Gasteiger partial charge in [0.2, 0.25) is 0 Å². The minimum Gasteiger partial charge on any atom is -0.480 e. The van der Waals surface area contributed by atoms with E-state index in [1.54, 1.807) is 4.72 Å². The smallest absolute Gasteiger partial charge is 0.322 e. The number of halogens is 3. The first-order valence-corrected chi connectivity index (χ1v) is 7.83. The first-order chi connectivity index (χ1) is 10.2. The number of aliphatic carboxylic acids is 1. The van der Waals surface area contributed by atoms with Crippen molar-refractivity contribution >= 4 is 21.9 Å². The van der Waals surface area contributed by atoms with Gasteiger partial charge in [-0.05, 0) is 19.3 Å². The van der Waals surface area contributed by atoms with Crippen LogP contribution in [-0.4, -0.2) is 36.4 Å². The third-order valence-corrected chi connectivity index (χ3v) is 4.80. The Morgan fingerprint density at radius 3 is 2.36 bits per heavy atom. The fourth-order valence-corrected chi connectivity index (χ4v) is 3.74. The summed E-state index contributed by atoms with van der Waals surface area (Å²) >= 11 is 0. The summed E-state index contributed by atoms with van der Waals surface area (Å²) in [6, 6.07) is -0.657. The summed E-state index contributed by atoms with van der Waals surface area (Å²) in [7, 11) is -4.49. The summed E-state index contributed by atoms with van der Waals surface area (Å²) in [5, 5.41) is 9.05. The van der Waals surface area contributed by atoms with Gasteiger partial charge in [-0.3, -0.25) is 9.52 Å². The van der Waals surface area contributed by atoms with Gasteiger partial charge in [0.1, 0.15) is 17.5 Å². The van der Waals surface area contributed by atoms with Crippen LogP contribution in [0, 0.1) is 17.5 Å². The highest BCUT2D eigenvalue weighted by atomic mass is 32.2. The van der Waals surface area contributed by atoms with Crippen molar-refractivity contribution in [1.82, 2.24) is 4.31 Å². The van der Waals surface area contributed by atoms with Gasteiger partial charge in [-0.2, -0.15) is 12.7 Å². The van der Waals surface area contributed by atoms with Gasteiger partial charge >= 0.3 is 16.2 Å². The van der Waals surface area contributed by atoms with Crippen LogP contribution in [-0.2, 0) is 15.0 Å². The number of carboxylic acids is 1. The van der Waals surface area contributed by atoms with Crippen molar-refractivity contribution in [2.24, 2.45) is 0 Å². The van der Waals surface area contributed by atoms with Crippen molar-refractivity contribution in [3.05, 3.63) is 29.6 Å². The van der Waals surface area contributed by atoms with E-state index < -0.39 is 45.4 Å². The molecule has 6 nitrogen and oxygen atoms in total. The number of hydrogen-bond acceptors (Lipinski definition) is 3. The Bertz CT molecular complexity index is 673. The van der Waals surface area contributed by atoms with Crippen molar-refractivity contribution in [2.75, 3.05) is 11.3 Å². The number of nitrogens with one attached hydrogen (secondary N) is 1. The van der Waals surface area contributed by atoms with Crippen LogP contribution in [0.25, 0.3) is 0 Å². The molecule has 122 valence electrons. The highest BCUT2D eigenvalue weighted by molar-refractivity contribution is 7.90. The lowest BCUT2D eigenvalue weighted by Crippen LogP contribution is -2.50. The number of carboxylic acid groups (broad SMARTS) is 1. The van der Waals surface area contributed by atoms with Crippen molar-refractivity contribution in [3.63, 3.8) is 0 Å². The topological polar surface area (TPSA) is 86.7 Å². The molecule has 0 saturated carbocycles. The van der Waals surface area contributed by atoms with E-state index in [2.05, 4.69) is 0 Å². The molecule has 1 atom stereocenters. The zero-order valence-corrected chi connectivity index (χ0v) is 12.0. The molecular formula is C12H13F3N2O4S. The molecule has 1 aromatic rings. The molecule has 2 N–H and O–H groups in total. The van der Waals surface area contributed by atoms with Gasteiger partial charge in [-0.1, -0.05) is 0 Å².